The van der Waals surface area contributed by atoms with Crippen LogP contribution in [0.15, 0.2) is 18.2 Å². The summed E-state index contributed by atoms with van der Waals surface area (Å²) in [6.45, 7) is 2.29. The first-order valence-corrected chi connectivity index (χ1v) is 6.30. The molecular formula is C13H15ClF3NO2. The first kappa shape index (κ1) is 16.8. The average molecular weight is 310 g/mol. The molecule has 20 heavy (non-hydrogen) atoms. The van der Waals surface area contributed by atoms with E-state index in [1.54, 1.807) is 13.8 Å². The van der Waals surface area contributed by atoms with Gasteiger partial charge in [0.25, 0.3) is 0 Å². The SMILES string of the molecule is CC(C)N(Cc1ccc(C(=O)O)cc1Cl)CC(F)(F)F. The van der Waals surface area contributed by atoms with Crippen LogP contribution in [0.1, 0.15) is 29.8 Å². The first-order valence-electron chi connectivity index (χ1n) is 5.92. The van der Waals surface area contributed by atoms with E-state index >= 15 is 0 Å². The summed E-state index contributed by atoms with van der Waals surface area (Å²) in [7, 11) is 0. The number of nitrogens with zero attached hydrogens (tertiary/aromatic N) is 1. The van der Waals surface area contributed by atoms with Gasteiger partial charge in [-0.05, 0) is 31.5 Å². The van der Waals surface area contributed by atoms with Crippen molar-refractivity contribution in [3.8, 4) is 0 Å². The second-order valence-corrected chi connectivity index (χ2v) is 5.13. The van der Waals surface area contributed by atoms with Gasteiger partial charge in [0.2, 0.25) is 0 Å². The zero-order valence-corrected chi connectivity index (χ0v) is 11.8. The molecule has 0 aromatic heterocycles. The maximum absolute atomic E-state index is 12.5. The number of halogens is 4. The Labute approximate surface area is 120 Å². The van der Waals surface area contributed by atoms with Crippen molar-refractivity contribution < 1.29 is 23.1 Å². The van der Waals surface area contributed by atoms with Crippen LogP contribution in [0.25, 0.3) is 0 Å². The highest BCUT2D eigenvalue weighted by molar-refractivity contribution is 6.31. The third-order valence-electron chi connectivity index (χ3n) is 2.79. The summed E-state index contributed by atoms with van der Waals surface area (Å²) in [5.74, 6) is -1.13. The summed E-state index contributed by atoms with van der Waals surface area (Å²) in [4.78, 5) is 12.0. The Morgan fingerprint density at radius 1 is 1.40 bits per heavy atom. The molecule has 112 valence electrons. The minimum Gasteiger partial charge on any atom is -0.478 e. The molecule has 1 rings (SSSR count). The van der Waals surface area contributed by atoms with Gasteiger partial charge in [-0.15, -0.1) is 0 Å². The molecular weight excluding hydrogens is 295 g/mol. The van der Waals surface area contributed by atoms with Crippen LogP contribution < -0.4 is 0 Å². The van der Waals surface area contributed by atoms with Crippen LogP contribution in [-0.2, 0) is 6.54 Å². The lowest BCUT2D eigenvalue weighted by Gasteiger charge is -2.27. The summed E-state index contributed by atoms with van der Waals surface area (Å²) < 4.78 is 37.5. The van der Waals surface area contributed by atoms with Gasteiger partial charge < -0.3 is 5.11 Å². The number of hydrogen-bond donors (Lipinski definition) is 1. The summed E-state index contributed by atoms with van der Waals surface area (Å²) in [5.41, 5.74) is 0.472. The molecule has 1 aromatic carbocycles. The highest BCUT2D eigenvalue weighted by Crippen LogP contribution is 2.24. The minimum atomic E-state index is -4.29. The Morgan fingerprint density at radius 3 is 2.40 bits per heavy atom. The Kier molecular flexibility index (Phi) is 5.42. The van der Waals surface area contributed by atoms with E-state index in [0.717, 1.165) is 0 Å². The van der Waals surface area contributed by atoms with E-state index < -0.39 is 18.7 Å². The fourth-order valence-electron chi connectivity index (χ4n) is 1.68. The molecule has 0 aliphatic carbocycles. The molecule has 0 aliphatic heterocycles. The normalized spacial score (nSPS) is 12.2. The first-order chi connectivity index (χ1) is 9.10. The van der Waals surface area contributed by atoms with E-state index in [1.807, 2.05) is 0 Å². The Morgan fingerprint density at radius 2 is 2.00 bits per heavy atom. The molecule has 0 saturated carbocycles. The Bertz CT molecular complexity index is 489. The fourth-order valence-corrected chi connectivity index (χ4v) is 1.92. The molecule has 0 saturated heterocycles. The zero-order valence-electron chi connectivity index (χ0n) is 11.0. The fraction of sp³-hybridized carbons (Fsp3) is 0.462. The molecule has 0 unspecified atom stereocenters. The van der Waals surface area contributed by atoms with Crippen molar-refractivity contribution in [2.75, 3.05) is 6.54 Å². The topological polar surface area (TPSA) is 40.5 Å². The number of alkyl halides is 3. The van der Waals surface area contributed by atoms with Gasteiger partial charge in [0, 0.05) is 17.6 Å². The van der Waals surface area contributed by atoms with Gasteiger partial charge in [-0.1, -0.05) is 17.7 Å². The molecule has 0 spiro atoms. The minimum absolute atomic E-state index is 0.00525. The van der Waals surface area contributed by atoms with E-state index in [0.29, 0.717) is 5.56 Å². The van der Waals surface area contributed by atoms with Gasteiger partial charge in [-0.25, -0.2) is 4.79 Å². The molecule has 0 radical (unpaired) electrons. The number of carboxylic acids is 1. The number of rotatable bonds is 5. The van der Waals surface area contributed by atoms with Crippen LogP contribution in [0.3, 0.4) is 0 Å². The molecule has 0 bridgehead atoms. The highest BCUT2D eigenvalue weighted by atomic mass is 35.5. The molecule has 3 nitrogen and oxygen atoms in total. The van der Waals surface area contributed by atoms with E-state index in [1.165, 1.54) is 23.1 Å². The lowest BCUT2D eigenvalue weighted by atomic mass is 10.1. The average Bonchev–Trinajstić information content (AvgIpc) is 2.28. The zero-order chi connectivity index (χ0) is 15.5. The molecule has 0 heterocycles. The predicted molar refractivity (Wildman–Crippen MR) is 70.0 cm³/mol. The Balaban J connectivity index is 2.92. The van der Waals surface area contributed by atoms with Crippen LogP contribution in [0, 0.1) is 0 Å². The number of hydrogen-bond acceptors (Lipinski definition) is 2. The van der Waals surface area contributed by atoms with E-state index in [-0.39, 0.29) is 23.2 Å². The van der Waals surface area contributed by atoms with Crippen molar-refractivity contribution in [2.24, 2.45) is 0 Å². The standard InChI is InChI=1S/C13H15ClF3NO2/c1-8(2)18(7-13(15,16)17)6-10-4-3-9(12(19)20)5-11(10)14/h3-5,8H,6-7H2,1-2H3,(H,19,20). The van der Waals surface area contributed by atoms with Crippen molar-refractivity contribution in [1.29, 1.82) is 0 Å². The van der Waals surface area contributed by atoms with Gasteiger partial charge >= 0.3 is 12.1 Å². The molecule has 0 fully saturated rings. The van der Waals surface area contributed by atoms with Crippen LogP contribution >= 0.6 is 11.6 Å². The monoisotopic (exact) mass is 309 g/mol. The lowest BCUT2D eigenvalue weighted by Crippen LogP contribution is -2.38. The second kappa shape index (κ2) is 6.45. The number of carbonyl (C=O) groups is 1. The maximum atomic E-state index is 12.5. The van der Waals surface area contributed by atoms with Gasteiger partial charge in [0.15, 0.2) is 0 Å². The summed E-state index contributed by atoms with van der Waals surface area (Å²) in [6, 6.07) is 3.70. The molecule has 0 aliphatic rings. The van der Waals surface area contributed by atoms with Crippen LogP contribution in [0.2, 0.25) is 5.02 Å². The predicted octanol–water partition coefficient (Wildman–Crippen LogP) is 3.81. The van der Waals surface area contributed by atoms with Gasteiger partial charge in [0.05, 0.1) is 12.1 Å². The molecule has 1 N–H and O–H groups in total. The van der Waals surface area contributed by atoms with E-state index in [2.05, 4.69) is 0 Å². The molecule has 1 aromatic rings. The molecule has 7 heteroatoms. The molecule has 0 atom stereocenters. The second-order valence-electron chi connectivity index (χ2n) is 4.73. The number of carboxylic acid groups (broad SMARTS) is 1. The van der Waals surface area contributed by atoms with Crippen molar-refractivity contribution in [3.05, 3.63) is 34.3 Å². The Hall–Kier alpha value is -1.27. The van der Waals surface area contributed by atoms with Crippen molar-refractivity contribution in [2.45, 2.75) is 32.6 Å². The lowest BCUT2D eigenvalue weighted by molar-refractivity contribution is -0.150. The van der Waals surface area contributed by atoms with Crippen molar-refractivity contribution >= 4 is 17.6 Å². The number of benzene rings is 1. The van der Waals surface area contributed by atoms with Crippen molar-refractivity contribution in [1.82, 2.24) is 4.90 Å². The quantitative estimate of drug-likeness (QED) is 0.899. The summed E-state index contributed by atoms with van der Waals surface area (Å²) in [6.07, 6.45) is -4.29. The van der Waals surface area contributed by atoms with Crippen LogP contribution in [0.5, 0.6) is 0 Å². The van der Waals surface area contributed by atoms with E-state index in [9.17, 15) is 18.0 Å². The van der Waals surface area contributed by atoms with Crippen LogP contribution in [-0.4, -0.2) is 34.7 Å². The van der Waals surface area contributed by atoms with E-state index in [4.69, 9.17) is 16.7 Å². The van der Waals surface area contributed by atoms with Gasteiger partial charge in [0.1, 0.15) is 0 Å². The summed E-state index contributed by atoms with van der Waals surface area (Å²) >= 11 is 5.92. The molecule has 0 amide bonds. The summed E-state index contributed by atoms with van der Waals surface area (Å²) in [5, 5.41) is 8.96. The highest BCUT2D eigenvalue weighted by Gasteiger charge is 2.32. The van der Waals surface area contributed by atoms with Gasteiger partial charge in [-0.3, -0.25) is 4.90 Å². The third kappa shape index (κ3) is 5.02. The largest absolute Gasteiger partial charge is 0.478 e. The smallest absolute Gasteiger partial charge is 0.401 e. The van der Waals surface area contributed by atoms with Crippen molar-refractivity contribution in [3.63, 3.8) is 0 Å². The third-order valence-corrected chi connectivity index (χ3v) is 3.14. The van der Waals surface area contributed by atoms with Crippen LogP contribution in [0.4, 0.5) is 13.2 Å². The number of aromatic carboxylic acids is 1. The van der Waals surface area contributed by atoms with Gasteiger partial charge in [-0.2, -0.15) is 13.2 Å². The maximum Gasteiger partial charge on any atom is 0.401 e.